The molecule has 1 saturated carbocycles. The lowest BCUT2D eigenvalue weighted by molar-refractivity contribution is -0.141. The van der Waals surface area contributed by atoms with Crippen molar-refractivity contribution in [1.29, 1.82) is 0 Å². The van der Waals surface area contributed by atoms with Gasteiger partial charge in [0.25, 0.3) is 0 Å². The van der Waals surface area contributed by atoms with Gasteiger partial charge in [-0.15, -0.1) is 0 Å². The Balaban J connectivity index is 2.65. The second-order valence-electron chi connectivity index (χ2n) is 8.85. The number of carbonyl (C=O) groups is 3. The summed E-state index contributed by atoms with van der Waals surface area (Å²) in [4.78, 5) is 40.5. The molecule has 9 nitrogen and oxygen atoms in total. The fraction of sp³-hybridized carbons (Fsp3) is 0.714. The highest BCUT2D eigenvalue weighted by atomic mass is 16.7. The molecule has 0 heterocycles. The lowest BCUT2D eigenvalue weighted by Crippen LogP contribution is -2.50. The third-order valence-corrected chi connectivity index (χ3v) is 4.94. The predicted molar refractivity (Wildman–Crippen MR) is 113 cm³/mol. The number of hydrogen-bond acceptors (Lipinski definition) is 7. The highest BCUT2D eigenvalue weighted by molar-refractivity contribution is 5.88. The summed E-state index contributed by atoms with van der Waals surface area (Å²) in [6.07, 6.45) is 1.59. The van der Waals surface area contributed by atoms with E-state index in [1.807, 2.05) is 13.8 Å². The molecule has 9 heteroatoms. The monoisotopic (exact) mass is 425 g/mol. The van der Waals surface area contributed by atoms with E-state index in [-0.39, 0.29) is 29.2 Å². The first-order valence-corrected chi connectivity index (χ1v) is 10.2. The van der Waals surface area contributed by atoms with Gasteiger partial charge < -0.3 is 20.1 Å². The molecule has 170 valence electrons. The van der Waals surface area contributed by atoms with Crippen LogP contribution in [0.2, 0.25) is 0 Å². The number of hydrogen-bond donors (Lipinski definition) is 2. The third-order valence-electron chi connectivity index (χ3n) is 4.94. The maximum atomic E-state index is 12.1. The molecule has 1 aliphatic rings. The van der Waals surface area contributed by atoms with Gasteiger partial charge in [0, 0.05) is 12.6 Å². The summed E-state index contributed by atoms with van der Waals surface area (Å²) >= 11 is 0. The first kappa shape index (κ1) is 25.5. The molecule has 2 atom stereocenters. The van der Waals surface area contributed by atoms with Crippen LogP contribution in [0.4, 0.5) is 9.59 Å². The van der Waals surface area contributed by atoms with Crippen LogP contribution in [0.5, 0.6) is 0 Å². The van der Waals surface area contributed by atoms with E-state index in [2.05, 4.69) is 36.2 Å². The maximum absolute atomic E-state index is 12.1. The summed E-state index contributed by atoms with van der Waals surface area (Å²) in [6, 6.07) is -0.129. The van der Waals surface area contributed by atoms with E-state index in [0.717, 1.165) is 18.6 Å². The zero-order chi connectivity index (χ0) is 22.9. The van der Waals surface area contributed by atoms with Crippen LogP contribution in [0.25, 0.3) is 0 Å². The summed E-state index contributed by atoms with van der Waals surface area (Å²) in [6.45, 7) is 15.5. The SMILES string of the molecule is C=C(OC(=O)NCC1(C)CC(NC(=O)ON=C(C)CC)CC(C)(C)C1)C(=O)OCC. The van der Waals surface area contributed by atoms with Crippen molar-refractivity contribution >= 4 is 23.9 Å². The Morgan fingerprint density at radius 2 is 1.80 bits per heavy atom. The number of nitrogens with one attached hydrogen (secondary N) is 2. The second-order valence-corrected chi connectivity index (χ2v) is 8.85. The van der Waals surface area contributed by atoms with Crippen molar-refractivity contribution in [3.63, 3.8) is 0 Å². The average Bonchev–Trinajstić information content (AvgIpc) is 2.63. The van der Waals surface area contributed by atoms with Crippen molar-refractivity contribution in [3.05, 3.63) is 12.3 Å². The molecule has 0 aromatic rings. The molecular weight excluding hydrogens is 390 g/mol. The molecular formula is C21H35N3O6. The molecule has 0 spiro atoms. The van der Waals surface area contributed by atoms with Gasteiger partial charge in [0.2, 0.25) is 5.76 Å². The molecule has 0 radical (unpaired) electrons. The number of rotatable bonds is 8. The van der Waals surface area contributed by atoms with E-state index in [0.29, 0.717) is 19.4 Å². The second kappa shape index (κ2) is 11.0. The van der Waals surface area contributed by atoms with Crippen molar-refractivity contribution < 1.29 is 28.7 Å². The zero-order valence-electron chi connectivity index (χ0n) is 18.9. The van der Waals surface area contributed by atoms with Crippen LogP contribution < -0.4 is 10.6 Å². The van der Waals surface area contributed by atoms with Crippen molar-refractivity contribution in [2.45, 2.75) is 73.3 Å². The number of alkyl carbamates (subject to hydrolysis) is 1. The van der Waals surface area contributed by atoms with Crippen LogP contribution in [0.3, 0.4) is 0 Å². The fourth-order valence-corrected chi connectivity index (χ4v) is 3.93. The van der Waals surface area contributed by atoms with E-state index >= 15 is 0 Å². The molecule has 0 aliphatic heterocycles. The number of nitrogens with zero attached hydrogens (tertiary/aromatic N) is 1. The van der Waals surface area contributed by atoms with Gasteiger partial charge in [0.1, 0.15) is 0 Å². The molecule has 0 aromatic carbocycles. The van der Waals surface area contributed by atoms with Gasteiger partial charge >= 0.3 is 18.2 Å². The summed E-state index contributed by atoms with van der Waals surface area (Å²) in [7, 11) is 0. The molecule has 0 saturated heterocycles. The summed E-state index contributed by atoms with van der Waals surface area (Å²) in [5, 5.41) is 9.34. The van der Waals surface area contributed by atoms with Crippen LogP contribution in [-0.2, 0) is 19.1 Å². The zero-order valence-corrected chi connectivity index (χ0v) is 18.9. The molecule has 2 unspecified atom stereocenters. The van der Waals surface area contributed by atoms with E-state index in [9.17, 15) is 14.4 Å². The Hall–Kier alpha value is -2.58. The van der Waals surface area contributed by atoms with Crippen molar-refractivity contribution in [3.8, 4) is 0 Å². The van der Waals surface area contributed by atoms with Gasteiger partial charge in [-0.1, -0.05) is 32.9 Å². The fourth-order valence-electron chi connectivity index (χ4n) is 3.93. The van der Waals surface area contributed by atoms with Crippen LogP contribution >= 0.6 is 0 Å². The molecule has 2 amide bonds. The number of ether oxygens (including phenoxy) is 2. The molecule has 2 N–H and O–H groups in total. The topological polar surface area (TPSA) is 115 Å². The third kappa shape index (κ3) is 8.84. The number of carbonyl (C=O) groups excluding carboxylic acids is 3. The van der Waals surface area contributed by atoms with Crippen molar-refractivity contribution in [2.24, 2.45) is 16.0 Å². The summed E-state index contributed by atoms with van der Waals surface area (Å²) in [5.74, 6) is -1.14. The Morgan fingerprint density at radius 1 is 1.13 bits per heavy atom. The number of esters is 1. The van der Waals surface area contributed by atoms with Crippen LogP contribution in [-0.4, -0.2) is 43.1 Å². The van der Waals surface area contributed by atoms with Crippen LogP contribution in [0.1, 0.15) is 67.2 Å². The normalized spacial score (nSPS) is 23.1. The molecule has 0 aromatic heterocycles. The van der Waals surface area contributed by atoms with Crippen LogP contribution in [0.15, 0.2) is 17.5 Å². The smallest absolute Gasteiger partial charge is 0.433 e. The van der Waals surface area contributed by atoms with Gasteiger partial charge in [-0.3, -0.25) is 4.84 Å². The minimum absolute atomic E-state index is 0.0618. The summed E-state index contributed by atoms with van der Waals surface area (Å²) in [5.41, 5.74) is 0.367. The first-order valence-electron chi connectivity index (χ1n) is 10.2. The van der Waals surface area contributed by atoms with Crippen LogP contribution in [0, 0.1) is 10.8 Å². The Morgan fingerprint density at radius 3 is 2.40 bits per heavy atom. The average molecular weight is 426 g/mol. The largest absolute Gasteiger partial charge is 0.460 e. The molecule has 0 bridgehead atoms. The minimum atomic E-state index is -0.776. The van der Waals surface area contributed by atoms with E-state index in [1.54, 1.807) is 13.8 Å². The summed E-state index contributed by atoms with van der Waals surface area (Å²) < 4.78 is 9.62. The van der Waals surface area contributed by atoms with Gasteiger partial charge in [-0.25, -0.2) is 14.4 Å². The minimum Gasteiger partial charge on any atom is -0.460 e. The molecule has 1 fully saturated rings. The highest BCUT2D eigenvalue weighted by Gasteiger charge is 2.42. The first-order chi connectivity index (χ1) is 13.9. The van der Waals surface area contributed by atoms with E-state index in [1.165, 1.54) is 0 Å². The van der Waals surface area contributed by atoms with Crippen molar-refractivity contribution in [1.82, 2.24) is 10.6 Å². The highest BCUT2D eigenvalue weighted by Crippen LogP contribution is 2.45. The lowest BCUT2D eigenvalue weighted by Gasteiger charge is -2.46. The number of oxime groups is 1. The Bertz CT molecular complexity index is 688. The standard InChI is InChI=1S/C21H35N3O6/c1-8-14(3)24-30-19(27)23-16-10-20(5,6)12-21(7,11-16)13-22-18(26)29-15(4)17(25)28-9-2/h16H,4,8-13H2,1-3,5-7H3,(H,22,26)(H,23,27). The van der Waals surface area contributed by atoms with Gasteiger partial charge in [0.15, 0.2) is 0 Å². The Kier molecular flexibility index (Phi) is 9.32. The van der Waals surface area contributed by atoms with Crippen molar-refractivity contribution in [2.75, 3.05) is 13.2 Å². The van der Waals surface area contributed by atoms with E-state index < -0.39 is 18.2 Å². The van der Waals surface area contributed by atoms with Gasteiger partial charge in [-0.2, -0.15) is 0 Å². The quantitative estimate of drug-likeness (QED) is 0.152. The van der Waals surface area contributed by atoms with Gasteiger partial charge in [-0.05, 0) is 56.9 Å². The van der Waals surface area contributed by atoms with Gasteiger partial charge in [0.05, 0.1) is 12.3 Å². The van der Waals surface area contributed by atoms with E-state index in [4.69, 9.17) is 14.3 Å². The molecule has 1 aliphatic carbocycles. The predicted octanol–water partition coefficient (Wildman–Crippen LogP) is 3.89. The maximum Gasteiger partial charge on any atom is 0.433 e. The Labute approximate surface area is 178 Å². The lowest BCUT2D eigenvalue weighted by atomic mass is 9.62. The number of amides is 2. The molecule has 30 heavy (non-hydrogen) atoms. The molecule has 1 rings (SSSR count).